The summed E-state index contributed by atoms with van der Waals surface area (Å²) in [4.78, 5) is 33.4. The number of alkyl carbamates (subject to hydrolysis) is 1. The number of nitrogens with one attached hydrogen (secondary N) is 2. The Labute approximate surface area is 169 Å². The zero-order valence-corrected chi connectivity index (χ0v) is 18.6. The maximum Gasteiger partial charge on any atom is 0.407 e. The zero-order valence-electron chi connectivity index (χ0n) is 18.6. The number of hydrogen-bond acceptors (Lipinski definition) is 4. The van der Waals surface area contributed by atoms with Crippen molar-refractivity contribution in [3.63, 3.8) is 0 Å². The molecule has 1 aromatic rings. The number of nitrogens with zero attached hydrogens (tertiary/aromatic N) is 2. The average molecular weight is 395 g/mol. The van der Waals surface area contributed by atoms with Crippen LogP contribution in [0, 0.1) is 5.41 Å². The Morgan fingerprint density at radius 2 is 1.96 bits per heavy atom. The van der Waals surface area contributed by atoms with Gasteiger partial charge >= 0.3 is 6.09 Å². The molecule has 7 heteroatoms. The van der Waals surface area contributed by atoms with Crippen LogP contribution in [-0.2, 0) is 9.53 Å². The highest BCUT2D eigenvalue weighted by Crippen LogP contribution is 2.58. The number of methoxy groups -OCH3 is 1. The molecule has 1 saturated heterocycles. The maximum absolute atomic E-state index is 12.5. The van der Waals surface area contributed by atoms with Crippen LogP contribution in [0.5, 0.6) is 0 Å². The summed E-state index contributed by atoms with van der Waals surface area (Å²) in [7, 11) is 1.29. The van der Waals surface area contributed by atoms with E-state index in [0.29, 0.717) is 5.92 Å². The highest BCUT2D eigenvalue weighted by molar-refractivity contribution is 5.82. The number of carbonyl (C=O) groups is 2. The van der Waals surface area contributed by atoms with Crippen LogP contribution in [0.25, 0.3) is 0 Å². The van der Waals surface area contributed by atoms with E-state index in [1.807, 2.05) is 24.9 Å². The molecule has 1 aromatic heterocycles. The van der Waals surface area contributed by atoms with Gasteiger partial charge in [-0.15, -0.1) is 0 Å². The molecular formula is C21H38N4O3. The van der Waals surface area contributed by atoms with Crippen LogP contribution in [0.1, 0.15) is 90.7 Å². The Kier molecular flexibility index (Phi) is 9.49. The van der Waals surface area contributed by atoms with Gasteiger partial charge in [0.05, 0.1) is 13.2 Å². The van der Waals surface area contributed by atoms with Gasteiger partial charge in [0.2, 0.25) is 5.91 Å². The largest absolute Gasteiger partial charge is 0.453 e. The Bertz CT molecular complexity index is 623. The molecule has 2 fully saturated rings. The van der Waals surface area contributed by atoms with Crippen molar-refractivity contribution < 1.29 is 14.3 Å². The SMILES string of the molecule is CC.CCC.COC(=O)NCC(=O)N1CC2(CC2)C[C@H]1c1ncc(C(C)C)[nH]1. The van der Waals surface area contributed by atoms with Crippen LogP contribution in [-0.4, -0.2) is 47.1 Å². The van der Waals surface area contributed by atoms with Gasteiger partial charge in [0.25, 0.3) is 0 Å². The molecule has 1 aliphatic carbocycles. The molecule has 0 aromatic carbocycles. The second-order valence-corrected chi connectivity index (χ2v) is 7.67. The van der Waals surface area contributed by atoms with Crippen LogP contribution in [0.15, 0.2) is 6.20 Å². The number of likely N-dealkylation sites (tertiary alicyclic amines) is 1. The van der Waals surface area contributed by atoms with E-state index in [1.54, 1.807) is 0 Å². The predicted molar refractivity (Wildman–Crippen MR) is 111 cm³/mol. The van der Waals surface area contributed by atoms with Crippen LogP contribution in [0.4, 0.5) is 4.79 Å². The van der Waals surface area contributed by atoms with Gasteiger partial charge in [-0.25, -0.2) is 9.78 Å². The van der Waals surface area contributed by atoms with Crippen LogP contribution in [0.2, 0.25) is 0 Å². The number of amides is 2. The molecule has 160 valence electrons. The summed E-state index contributed by atoms with van der Waals surface area (Å²) < 4.78 is 4.52. The number of aromatic nitrogens is 2. The fourth-order valence-electron chi connectivity index (χ4n) is 3.24. The lowest BCUT2D eigenvalue weighted by molar-refractivity contribution is -0.131. The van der Waals surface area contributed by atoms with Gasteiger partial charge in [-0.2, -0.15) is 0 Å². The summed E-state index contributed by atoms with van der Waals surface area (Å²) in [5.74, 6) is 1.13. The number of carbonyl (C=O) groups excluding carboxylic acids is 2. The standard InChI is InChI=1S/C16H24N4O3.C3H8.C2H6/c1-10(2)11-7-17-14(19-11)12-6-16(4-5-16)9-20(12)13(21)8-18-15(22)23-3;1-3-2;1-2/h7,10,12H,4-6,8-9H2,1-3H3,(H,17,19)(H,18,22);3H2,1-2H3;1-2H3/t12-;;/m0../s1. The topological polar surface area (TPSA) is 87.3 Å². The van der Waals surface area contributed by atoms with Gasteiger partial charge in [-0.05, 0) is 30.6 Å². The number of rotatable bonds is 4. The summed E-state index contributed by atoms with van der Waals surface area (Å²) in [6.45, 7) is 13.2. The molecule has 2 N–H and O–H groups in total. The smallest absolute Gasteiger partial charge is 0.407 e. The number of ether oxygens (including phenoxy) is 1. The first-order valence-corrected chi connectivity index (χ1v) is 10.5. The second-order valence-electron chi connectivity index (χ2n) is 7.67. The van der Waals surface area contributed by atoms with Gasteiger partial charge in [-0.3, -0.25) is 4.79 Å². The lowest BCUT2D eigenvalue weighted by atomic mass is 10.0. The maximum atomic E-state index is 12.5. The van der Waals surface area contributed by atoms with E-state index in [-0.39, 0.29) is 23.9 Å². The first-order chi connectivity index (χ1) is 13.4. The fraction of sp³-hybridized carbons (Fsp3) is 0.762. The first kappa shape index (κ1) is 24.0. The van der Waals surface area contributed by atoms with Crippen molar-refractivity contribution in [1.29, 1.82) is 0 Å². The monoisotopic (exact) mass is 394 g/mol. The number of hydrogen-bond donors (Lipinski definition) is 2. The van der Waals surface area contributed by atoms with Crippen molar-refractivity contribution in [2.75, 3.05) is 20.2 Å². The third kappa shape index (κ3) is 6.24. The Balaban J connectivity index is 0.000000717. The highest BCUT2D eigenvalue weighted by Gasteiger charge is 2.54. The van der Waals surface area contributed by atoms with E-state index in [2.05, 4.69) is 47.7 Å². The van der Waals surface area contributed by atoms with Gasteiger partial charge < -0.3 is 19.9 Å². The molecule has 2 heterocycles. The first-order valence-electron chi connectivity index (χ1n) is 10.5. The molecule has 1 saturated carbocycles. The van der Waals surface area contributed by atoms with Crippen molar-refractivity contribution in [3.8, 4) is 0 Å². The average Bonchev–Trinajstić information content (AvgIpc) is 3.10. The second kappa shape index (κ2) is 11.1. The summed E-state index contributed by atoms with van der Waals surface area (Å²) in [6, 6.07) is -0.0306. The lowest BCUT2D eigenvalue weighted by Crippen LogP contribution is -2.40. The number of aromatic amines is 1. The Hall–Kier alpha value is -2.05. The minimum absolute atomic E-state index is 0.0306. The van der Waals surface area contributed by atoms with Crippen LogP contribution in [0.3, 0.4) is 0 Å². The fourth-order valence-corrected chi connectivity index (χ4v) is 3.24. The molecule has 1 aliphatic heterocycles. The van der Waals surface area contributed by atoms with Crippen molar-refractivity contribution in [3.05, 3.63) is 17.7 Å². The third-order valence-corrected chi connectivity index (χ3v) is 4.91. The summed E-state index contributed by atoms with van der Waals surface area (Å²) in [5, 5.41) is 2.47. The van der Waals surface area contributed by atoms with Crippen molar-refractivity contribution in [2.24, 2.45) is 5.41 Å². The molecule has 3 rings (SSSR count). The Morgan fingerprint density at radius 1 is 1.36 bits per heavy atom. The van der Waals surface area contributed by atoms with E-state index in [4.69, 9.17) is 0 Å². The van der Waals surface area contributed by atoms with Gasteiger partial charge in [0.1, 0.15) is 12.4 Å². The molecule has 28 heavy (non-hydrogen) atoms. The molecule has 1 spiro atoms. The van der Waals surface area contributed by atoms with E-state index in [1.165, 1.54) is 13.5 Å². The molecule has 7 nitrogen and oxygen atoms in total. The molecule has 2 aliphatic rings. The zero-order chi connectivity index (χ0) is 21.3. The molecule has 1 atom stereocenters. The van der Waals surface area contributed by atoms with Crippen molar-refractivity contribution in [2.45, 2.75) is 79.2 Å². The summed E-state index contributed by atoms with van der Waals surface area (Å²) in [5.41, 5.74) is 1.34. The number of imidazole rings is 1. The molecule has 0 bridgehead atoms. The quantitative estimate of drug-likeness (QED) is 0.793. The van der Waals surface area contributed by atoms with Crippen molar-refractivity contribution in [1.82, 2.24) is 20.2 Å². The molecular weight excluding hydrogens is 356 g/mol. The number of H-pyrrole nitrogens is 1. The van der Waals surface area contributed by atoms with Crippen LogP contribution < -0.4 is 5.32 Å². The minimum Gasteiger partial charge on any atom is -0.453 e. The summed E-state index contributed by atoms with van der Waals surface area (Å²) >= 11 is 0. The van der Waals surface area contributed by atoms with Gasteiger partial charge in [-0.1, -0.05) is 48.0 Å². The lowest BCUT2D eigenvalue weighted by Gasteiger charge is -2.23. The summed E-state index contributed by atoms with van der Waals surface area (Å²) in [6.07, 6.45) is 5.79. The molecule has 0 radical (unpaired) electrons. The van der Waals surface area contributed by atoms with Gasteiger partial charge in [0, 0.05) is 18.4 Å². The normalized spacial score (nSPS) is 18.7. The van der Waals surface area contributed by atoms with E-state index in [9.17, 15) is 9.59 Å². The third-order valence-electron chi connectivity index (χ3n) is 4.91. The van der Waals surface area contributed by atoms with E-state index < -0.39 is 6.09 Å². The minimum atomic E-state index is -0.588. The molecule has 0 unspecified atom stereocenters. The predicted octanol–water partition coefficient (Wildman–Crippen LogP) is 4.39. The van der Waals surface area contributed by atoms with Crippen molar-refractivity contribution >= 4 is 12.0 Å². The molecule has 2 amide bonds. The Morgan fingerprint density at radius 3 is 2.43 bits per heavy atom. The van der Waals surface area contributed by atoms with Crippen LogP contribution >= 0.6 is 0 Å². The van der Waals surface area contributed by atoms with E-state index in [0.717, 1.165) is 37.3 Å². The van der Waals surface area contributed by atoms with Gasteiger partial charge in [0.15, 0.2) is 0 Å². The van der Waals surface area contributed by atoms with E-state index >= 15 is 0 Å². The highest BCUT2D eigenvalue weighted by atomic mass is 16.5.